The van der Waals surface area contributed by atoms with Gasteiger partial charge in [0.1, 0.15) is 6.04 Å². The van der Waals surface area contributed by atoms with Crippen LogP contribution in [0.3, 0.4) is 0 Å². The average Bonchev–Trinajstić information content (AvgIpc) is 2.95. The second-order valence-corrected chi connectivity index (χ2v) is 4.96. The van der Waals surface area contributed by atoms with Gasteiger partial charge >= 0.3 is 5.97 Å². The molecular weight excluding hydrogens is 254 g/mol. The smallest absolute Gasteiger partial charge is 0.326 e. The number of likely N-dealkylation sites (tertiary alicyclic amines) is 1. The first-order valence-electron chi connectivity index (χ1n) is 6.92. The molecule has 0 bridgehead atoms. The number of hydrogen-bond donors (Lipinski definition) is 1. The van der Waals surface area contributed by atoms with E-state index in [1.54, 1.807) is 6.08 Å². The van der Waals surface area contributed by atoms with E-state index in [-0.39, 0.29) is 5.91 Å². The Hall–Kier alpha value is -2.10. The molecule has 0 radical (unpaired) electrons. The molecule has 0 unspecified atom stereocenters. The lowest BCUT2D eigenvalue weighted by molar-refractivity contribution is -0.146. The zero-order valence-corrected chi connectivity index (χ0v) is 11.6. The van der Waals surface area contributed by atoms with Gasteiger partial charge in [-0.1, -0.05) is 31.2 Å². The van der Waals surface area contributed by atoms with Crippen LogP contribution < -0.4 is 0 Å². The van der Waals surface area contributed by atoms with E-state index < -0.39 is 12.0 Å². The van der Waals surface area contributed by atoms with E-state index in [9.17, 15) is 9.59 Å². The summed E-state index contributed by atoms with van der Waals surface area (Å²) < 4.78 is 0. The van der Waals surface area contributed by atoms with Gasteiger partial charge in [-0.15, -0.1) is 0 Å². The summed E-state index contributed by atoms with van der Waals surface area (Å²) in [5.74, 6) is -1.15. The van der Waals surface area contributed by atoms with Crippen LogP contribution in [0.4, 0.5) is 0 Å². The zero-order chi connectivity index (χ0) is 14.5. The standard InChI is InChI=1S/C16H19NO3/c1-2-12-5-7-13(8-6-12)9-10-15(18)17-11-3-4-14(17)16(19)20/h5-10,14H,2-4,11H2,1H3,(H,19,20)/b10-9+/t14-/m0/s1. The number of rotatable bonds is 4. The molecule has 2 rings (SSSR count). The van der Waals surface area contributed by atoms with Crippen LogP contribution in [-0.2, 0) is 16.0 Å². The lowest BCUT2D eigenvalue weighted by Crippen LogP contribution is -2.39. The Kier molecular flexibility index (Phi) is 4.56. The number of benzene rings is 1. The molecule has 1 N–H and O–H groups in total. The number of carbonyl (C=O) groups is 2. The fraction of sp³-hybridized carbons (Fsp3) is 0.375. The van der Waals surface area contributed by atoms with Gasteiger partial charge in [0, 0.05) is 12.6 Å². The molecule has 1 aliphatic rings. The molecule has 4 nitrogen and oxygen atoms in total. The summed E-state index contributed by atoms with van der Waals surface area (Å²) in [7, 11) is 0. The van der Waals surface area contributed by atoms with E-state index in [0.29, 0.717) is 13.0 Å². The molecule has 0 saturated carbocycles. The van der Waals surface area contributed by atoms with Crippen molar-refractivity contribution >= 4 is 18.0 Å². The Morgan fingerprint density at radius 3 is 2.65 bits per heavy atom. The number of nitrogens with zero attached hydrogens (tertiary/aromatic N) is 1. The quantitative estimate of drug-likeness (QED) is 0.857. The number of carboxylic acid groups (broad SMARTS) is 1. The van der Waals surface area contributed by atoms with E-state index in [4.69, 9.17) is 5.11 Å². The van der Waals surface area contributed by atoms with Crippen LogP contribution in [-0.4, -0.2) is 34.5 Å². The molecule has 4 heteroatoms. The second kappa shape index (κ2) is 6.37. The number of aliphatic carboxylic acids is 1. The Morgan fingerprint density at radius 2 is 2.05 bits per heavy atom. The minimum Gasteiger partial charge on any atom is -0.480 e. The highest BCUT2D eigenvalue weighted by Crippen LogP contribution is 2.18. The Balaban J connectivity index is 2.02. The van der Waals surface area contributed by atoms with Crippen molar-refractivity contribution in [3.05, 3.63) is 41.5 Å². The largest absolute Gasteiger partial charge is 0.480 e. The third-order valence-corrected chi connectivity index (χ3v) is 3.63. The number of carboxylic acids is 1. The molecule has 1 heterocycles. The van der Waals surface area contributed by atoms with Crippen molar-refractivity contribution < 1.29 is 14.7 Å². The molecule has 0 aromatic heterocycles. The molecule has 1 fully saturated rings. The number of carbonyl (C=O) groups excluding carboxylic acids is 1. The van der Waals surface area contributed by atoms with E-state index in [0.717, 1.165) is 18.4 Å². The van der Waals surface area contributed by atoms with Gasteiger partial charge in [0.2, 0.25) is 5.91 Å². The minimum atomic E-state index is -0.920. The Bertz CT molecular complexity index is 519. The first-order chi connectivity index (χ1) is 9.61. The van der Waals surface area contributed by atoms with Crippen molar-refractivity contribution in [2.75, 3.05) is 6.54 Å². The fourth-order valence-electron chi connectivity index (χ4n) is 2.41. The molecular formula is C16H19NO3. The van der Waals surface area contributed by atoms with Crippen molar-refractivity contribution in [1.29, 1.82) is 0 Å². The number of amides is 1. The maximum atomic E-state index is 12.0. The summed E-state index contributed by atoms with van der Waals surface area (Å²) in [6, 6.07) is 7.30. The highest BCUT2D eigenvalue weighted by Gasteiger charge is 2.32. The monoisotopic (exact) mass is 273 g/mol. The highest BCUT2D eigenvalue weighted by molar-refractivity contribution is 5.94. The topological polar surface area (TPSA) is 57.6 Å². The predicted octanol–water partition coefficient (Wildman–Crippen LogP) is 2.34. The lowest BCUT2D eigenvalue weighted by atomic mass is 10.1. The van der Waals surface area contributed by atoms with Gasteiger partial charge in [0.15, 0.2) is 0 Å². The van der Waals surface area contributed by atoms with Crippen LogP contribution in [0.1, 0.15) is 30.9 Å². The lowest BCUT2D eigenvalue weighted by Gasteiger charge is -2.19. The Labute approximate surface area is 118 Å². The zero-order valence-electron chi connectivity index (χ0n) is 11.6. The van der Waals surface area contributed by atoms with E-state index >= 15 is 0 Å². The summed E-state index contributed by atoms with van der Waals surface area (Å²) in [6.45, 7) is 2.61. The number of hydrogen-bond acceptors (Lipinski definition) is 2. The van der Waals surface area contributed by atoms with E-state index in [2.05, 4.69) is 6.92 Å². The van der Waals surface area contributed by atoms with Crippen molar-refractivity contribution in [3.8, 4) is 0 Å². The van der Waals surface area contributed by atoms with Gasteiger partial charge in [-0.2, -0.15) is 0 Å². The van der Waals surface area contributed by atoms with Crippen LogP contribution >= 0.6 is 0 Å². The molecule has 20 heavy (non-hydrogen) atoms. The van der Waals surface area contributed by atoms with E-state index in [1.165, 1.54) is 16.5 Å². The first-order valence-corrected chi connectivity index (χ1v) is 6.92. The third kappa shape index (κ3) is 3.26. The van der Waals surface area contributed by atoms with Crippen LogP contribution in [0.5, 0.6) is 0 Å². The molecule has 1 amide bonds. The molecule has 106 valence electrons. The van der Waals surface area contributed by atoms with Gasteiger partial charge in [-0.05, 0) is 36.5 Å². The molecule has 0 spiro atoms. The minimum absolute atomic E-state index is 0.227. The number of aryl methyl sites for hydroxylation is 1. The predicted molar refractivity (Wildman–Crippen MR) is 77.2 cm³/mol. The second-order valence-electron chi connectivity index (χ2n) is 4.96. The molecule has 0 aliphatic carbocycles. The fourth-order valence-corrected chi connectivity index (χ4v) is 2.41. The average molecular weight is 273 g/mol. The summed E-state index contributed by atoms with van der Waals surface area (Å²) in [5, 5.41) is 9.06. The molecule has 1 aromatic carbocycles. The highest BCUT2D eigenvalue weighted by atomic mass is 16.4. The van der Waals surface area contributed by atoms with Crippen LogP contribution in [0, 0.1) is 0 Å². The van der Waals surface area contributed by atoms with Crippen molar-refractivity contribution in [3.63, 3.8) is 0 Å². The SMILES string of the molecule is CCc1ccc(/C=C/C(=O)N2CCC[C@H]2C(=O)O)cc1. The summed E-state index contributed by atoms with van der Waals surface area (Å²) in [6.07, 6.45) is 5.47. The maximum absolute atomic E-state index is 12.0. The molecule has 1 aliphatic heterocycles. The van der Waals surface area contributed by atoms with Crippen molar-refractivity contribution in [1.82, 2.24) is 4.90 Å². The molecule has 1 atom stereocenters. The van der Waals surface area contributed by atoms with Gasteiger partial charge in [0.05, 0.1) is 0 Å². The summed E-state index contributed by atoms with van der Waals surface area (Å²) in [5.41, 5.74) is 2.19. The summed E-state index contributed by atoms with van der Waals surface area (Å²) in [4.78, 5) is 24.5. The maximum Gasteiger partial charge on any atom is 0.326 e. The van der Waals surface area contributed by atoms with Crippen LogP contribution in [0.15, 0.2) is 30.3 Å². The van der Waals surface area contributed by atoms with Gasteiger partial charge in [-0.3, -0.25) is 4.79 Å². The normalized spacial score (nSPS) is 18.6. The molecule has 1 aromatic rings. The summed E-state index contributed by atoms with van der Waals surface area (Å²) >= 11 is 0. The van der Waals surface area contributed by atoms with Gasteiger partial charge < -0.3 is 10.0 Å². The van der Waals surface area contributed by atoms with Crippen molar-refractivity contribution in [2.45, 2.75) is 32.2 Å². The van der Waals surface area contributed by atoms with Crippen LogP contribution in [0.2, 0.25) is 0 Å². The molecule has 1 saturated heterocycles. The van der Waals surface area contributed by atoms with Gasteiger partial charge in [-0.25, -0.2) is 4.79 Å². The van der Waals surface area contributed by atoms with Crippen molar-refractivity contribution in [2.24, 2.45) is 0 Å². The van der Waals surface area contributed by atoms with Gasteiger partial charge in [0.25, 0.3) is 0 Å². The van der Waals surface area contributed by atoms with Crippen LogP contribution in [0.25, 0.3) is 6.08 Å². The van der Waals surface area contributed by atoms with E-state index in [1.807, 2.05) is 24.3 Å². The third-order valence-electron chi connectivity index (χ3n) is 3.63. The Morgan fingerprint density at radius 1 is 1.35 bits per heavy atom. The first kappa shape index (κ1) is 14.3.